The summed E-state index contributed by atoms with van der Waals surface area (Å²) in [4.78, 5) is 25.7. The van der Waals surface area contributed by atoms with Gasteiger partial charge in [0, 0.05) is 26.6 Å². The molecule has 0 atom stereocenters. The van der Waals surface area contributed by atoms with Crippen molar-refractivity contribution in [1.82, 2.24) is 10.2 Å². The molecule has 0 heterocycles. The van der Waals surface area contributed by atoms with E-state index in [2.05, 4.69) is 11.4 Å². The van der Waals surface area contributed by atoms with E-state index in [-0.39, 0.29) is 11.8 Å². The maximum Gasteiger partial charge on any atom is 0.252 e. The number of halogens is 1. The number of nitrogens with one attached hydrogen (secondary N) is 1. The number of rotatable bonds is 7. The van der Waals surface area contributed by atoms with Crippen LogP contribution in [0.5, 0.6) is 0 Å². The molecule has 5 heteroatoms. The van der Waals surface area contributed by atoms with Crippen LogP contribution in [-0.2, 0) is 4.79 Å². The first kappa shape index (κ1) is 18.5. The summed E-state index contributed by atoms with van der Waals surface area (Å²) in [5.41, 5.74) is 1.91. The first-order chi connectivity index (χ1) is 11.6. The summed E-state index contributed by atoms with van der Waals surface area (Å²) >= 11 is 6.02. The molecule has 0 bridgehead atoms. The van der Waals surface area contributed by atoms with Crippen LogP contribution in [0, 0.1) is 0 Å². The molecule has 1 aliphatic rings. The van der Waals surface area contributed by atoms with Crippen molar-refractivity contribution in [2.45, 2.75) is 39.0 Å². The molecule has 0 spiro atoms. The quantitative estimate of drug-likeness (QED) is 0.762. The van der Waals surface area contributed by atoms with Crippen molar-refractivity contribution < 1.29 is 9.59 Å². The van der Waals surface area contributed by atoms with Gasteiger partial charge in [0.2, 0.25) is 5.91 Å². The molecule has 1 aliphatic carbocycles. The highest BCUT2D eigenvalue weighted by atomic mass is 35.5. The predicted octanol–water partition coefficient (Wildman–Crippen LogP) is 3.81. The van der Waals surface area contributed by atoms with E-state index >= 15 is 0 Å². The van der Waals surface area contributed by atoms with Gasteiger partial charge in [-0.15, -0.1) is 0 Å². The average molecular weight is 349 g/mol. The van der Waals surface area contributed by atoms with Crippen LogP contribution in [0.2, 0.25) is 5.02 Å². The standard InChI is InChI=1S/C19H25ClN2O2/c1-15(23)22(13-11-16-7-3-2-4-8-16)14-12-21-19(24)17-9-5-6-10-18(17)20/h5-7,9-10H,2-4,8,11-14H2,1H3,(H,21,24). The van der Waals surface area contributed by atoms with Crippen LogP contribution in [0.1, 0.15) is 49.4 Å². The molecule has 2 amide bonds. The molecule has 24 heavy (non-hydrogen) atoms. The zero-order chi connectivity index (χ0) is 17.4. The second kappa shape index (κ2) is 9.48. The first-order valence-electron chi connectivity index (χ1n) is 8.54. The van der Waals surface area contributed by atoms with Gasteiger partial charge in [0.15, 0.2) is 0 Å². The van der Waals surface area contributed by atoms with Gasteiger partial charge in [0.1, 0.15) is 0 Å². The van der Waals surface area contributed by atoms with Crippen LogP contribution in [0.4, 0.5) is 0 Å². The minimum absolute atomic E-state index is 0.0402. The lowest BCUT2D eigenvalue weighted by molar-refractivity contribution is -0.128. The van der Waals surface area contributed by atoms with Crippen LogP contribution >= 0.6 is 11.6 Å². The lowest BCUT2D eigenvalue weighted by Gasteiger charge is -2.23. The van der Waals surface area contributed by atoms with Crippen molar-refractivity contribution in [3.8, 4) is 0 Å². The fraction of sp³-hybridized carbons (Fsp3) is 0.474. The Morgan fingerprint density at radius 2 is 2.00 bits per heavy atom. The highest BCUT2D eigenvalue weighted by molar-refractivity contribution is 6.33. The molecule has 0 saturated heterocycles. The Labute approximate surface area is 148 Å². The molecule has 1 aromatic carbocycles. The van der Waals surface area contributed by atoms with E-state index in [1.807, 2.05) is 0 Å². The van der Waals surface area contributed by atoms with Crippen LogP contribution in [-0.4, -0.2) is 36.3 Å². The predicted molar refractivity (Wildman–Crippen MR) is 97.2 cm³/mol. The third kappa shape index (κ3) is 5.68. The summed E-state index contributed by atoms with van der Waals surface area (Å²) in [6, 6.07) is 6.95. The number of amides is 2. The topological polar surface area (TPSA) is 49.4 Å². The van der Waals surface area contributed by atoms with E-state index in [9.17, 15) is 9.59 Å². The SMILES string of the molecule is CC(=O)N(CCNC(=O)c1ccccc1Cl)CCC1=CCCCC1. The number of hydrogen-bond donors (Lipinski definition) is 1. The van der Waals surface area contributed by atoms with Crippen LogP contribution in [0.15, 0.2) is 35.9 Å². The molecule has 0 fully saturated rings. The fourth-order valence-electron chi connectivity index (χ4n) is 2.88. The largest absolute Gasteiger partial charge is 0.350 e. The number of nitrogens with zero attached hydrogens (tertiary/aromatic N) is 1. The summed E-state index contributed by atoms with van der Waals surface area (Å²) in [7, 11) is 0. The number of carbonyl (C=O) groups is 2. The molecule has 0 aromatic heterocycles. The smallest absolute Gasteiger partial charge is 0.252 e. The van der Waals surface area contributed by atoms with E-state index in [0.717, 1.165) is 19.3 Å². The van der Waals surface area contributed by atoms with Crippen molar-refractivity contribution in [1.29, 1.82) is 0 Å². The molecule has 0 unspecified atom stereocenters. The zero-order valence-corrected chi connectivity index (χ0v) is 14.9. The maximum absolute atomic E-state index is 12.1. The number of allylic oxidation sites excluding steroid dienone is 1. The normalized spacial score (nSPS) is 14.0. The van der Waals surface area contributed by atoms with Gasteiger partial charge in [-0.05, 0) is 44.2 Å². The molecule has 0 aliphatic heterocycles. The Hall–Kier alpha value is -1.81. The lowest BCUT2D eigenvalue weighted by Crippen LogP contribution is -2.38. The number of hydrogen-bond acceptors (Lipinski definition) is 2. The maximum atomic E-state index is 12.1. The number of benzene rings is 1. The minimum atomic E-state index is -0.209. The average Bonchev–Trinajstić information content (AvgIpc) is 2.58. The summed E-state index contributed by atoms with van der Waals surface area (Å²) in [5.74, 6) is -0.169. The van der Waals surface area contributed by atoms with Gasteiger partial charge in [-0.3, -0.25) is 9.59 Å². The van der Waals surface area contributed by atoms with Crippen molar-refractivity contribution >= 4 is 23.4 Å². The molecule has 2 rings (SSSR count). The third-order valence-electron chi connectivity index (χ3n) is 4.32. The Morgan fingerprint density at radius 1 is 1.21 bits per heavy atom. The Balaban J connectivity index is 1.79. The van der Waals surface area contributed by atoms with E-state index in [0.29, 0.717) is 30.2 Å². The molecule has 1 N–H and O–H groups in total. The van der Waals surface area contributed by atoms with Gasteiger partial charge < -0.3 is 10.2 Å². The fourth-order valence-corrected chi connectivity index (χ4v) is 3.10. The van der Waals surface area contributed by atoms with Gasteiger partial charge in [-0.2, -0.15) is 0 Å². The molecule has 4 nitrogen and oxygen atoms in total. The van der Waals surface area contributed by atoms with E-state index < -0.39 is 0 Å². The Bertz CT molecular complexity index is 613. The molecule has 0 saturated carbocycles. The highest BCUT2D eigenvalue weighted by Crippen LogP contribution is 2.20. The Kier molecular flexibility index (Phi) is 7.32. The van der Waals surface area contributed by atoms with Crippen LogP contribution in [0.3, 0.4) is 0 Å². The zero-order valence-electron chi connectivity index (χ0n) is 14.2. The highest BCUT2D eigenvalue weighted by Gasteiger charge is 2.13. The summed E-state index contributed by atoms with van der Waals surface area (Å²) in [6.45, 7) is 3.22. The van der Waals surface area contributed by atoms with Crippen LogP contribution in [0.25, 0.3) is 0 Å². The first-order valence-corrected chi connectivity index (χ1v) is 8.92. The van der Waals surface area contributed by atoms with Crippen molar-refractivity contribution in [2.75, 3.05) is 19.6 Å². The summed E-state index contributed by atoms with van der Waals surface area (Å²) < 4.78 is 0. The van der Waals surface area contributed by atoms with Gasteiger partial charge in [-0.1, -0.05) is 35.4 Å². The monoisotopic (exact) mass is 348 g/mol. The molecule has 1 aromatic rings. The van der Waals surface area contributed by atoms with Gasteiger partial charge in [0.05, 0.1) is 10.6 Å². The van der Waals surface area contributed by atoms with Crippen LogP contribution < -0.4 is 5.32 Å². The molecular formula is C19H25ClN2O2. The third-order valence-corrected chi connectivity index (χ3v) is 4.65. The van der Waals surface area contributed by atoms with E-state index in [1.54, 1.807) is 36.1 Å². The van der Waals surface area contributed by atoms with Gasteiger partial charge in [0.25, 0.3) is 5.91 Å². The number of carbonyl (C=O) groups excluding carboxylic acids is 2. The van der Waals surface area contributed by atoms with Crippen molar-refractivity contribution in [3.05, 3.63) is 46.5 Å². The lowest BCUT2D eigenvalue weighted by atomic mass is 9.97. The van der Waals surface area contributed by atoms with Crippen molar-refractivity contribution in [2.24, 2.45) is 0 Å². The second-order valence-electron chi connectivity index (χ2n) is 6.10. The minimum Gasteiger partial charge on any atom is -0.350 e. The Morgan fingerprint density at radius 3 is 2.67 bits per heavy atom. The van der Waals surface area contributed by atoms with E-state index in [1.165, 1.54) is 18.4 Å². The molecular weight excluding hydrogens is 324 g/mol. The summed E-state index contributed by atoms with van der Waals surface area (Å²) in [5, 5.41) is 3.26. The van der Waals surface area contributed by atoms with Gasteiger partial charge >= 0.3 is 0 Å². The summed E-state index contributed by atoms with van der Waals surface area (Å²) in [6.07, 6.45) is 8.06. The second-order valence-corrected chi connectivity index (χ2v) is 6.51. The molecule has 0 radical (unpaired) electrons. The molecule has 130 valence electrons. The van der Waals surface area contributed by atoms with Crippen molar-refractivity contribution in [3.63, 3.8) is 0 Å². The van der Waals surface area contributed by atoms with Gasteiger partial charge in [-0.25, -0.2) is 0 Å². The van der Waals surface area contributed by atoms with E-state index in [4.69, 9.17) is 11.6 Å².